The molecular weight excluding hydrogens is 294 g/mol. The summed E-state index contributed by atoms with van der Waals surface area (Å²) in [5.41, 5.74) is 7.11. The summed E-state index contributed by atoms with van der Waals surface area (Å²) in [5.74, 6) is 0.844. The van der Waals surface area contributed by atoms with Crippen molar-refractivity contribution < 1.29 is 0 Å². The third-order valence-electron chi connectivity index (χ3n) is 2.91. The van der Waals surface area contributed by atoms with E-state index < -0.39 is 0 Å². The van der Waals surface area contributed by atoms with Crippen molar-refractivity contribution in [3.8, 4) is 10.6 Å². The van der Waals surface area contributed by atoms with Gasteiger partial charge in [0.15, 0.2) is 5.82 Å². The third kappa shape index (κ3) is 2.14. The molecule has 104 valence electrons. The van der Waals surface area contributed by atoms with Crippen molar-refractivity contribution in [3.63, 3.8) is 0 Å². The van der Waals surface area contributed by atoms with Crippen LogP contribution in [0.15, 0.2) is 18.2 Å². The summed E-state index contributed by atoms with van der Waals surface area (Å²) in [6, 6.07) is 5.51. The fourth-order valence-corrected chi connectivity index (χ4v) is 2.88. The number of nitrogens with two attached hydrogens (primary N) is 1. The molecule has 0 atom stereocenters. The van der Waals surface area contributed by atoms with Gasteiger partial charge in [0, 0.05) is 11.0 Å². The highest BCUT2D eigenvalue weighted by atomic mass is 35.5. The minimum absolute atomic E-state index is 0.108. The van der Waals surface area contributed by atoms with Gasteiger partial charge in [-0.15, -0.1) is 10.2 Å². The lowest BCUT2D eigenvalue weighted by Crippen LogP contribution is -2.16. The monoisotopic (exact) mass is 307 g/mol. The van der Waals surface area contributed by atoms with E-state index in [4.69, 9.17) is 17.3 Å². The smallest absolute Gasteiger partial charge is 0.235 e. The average Bonchev–Trinajstić information content (AvgIpc) is 2.90. The number of nitrogen functional groups attached to an aromatic ring is 1. The molecule has 0 unspecified atom stereocenters. The Kier molecular flexibility index (Phi) is 2.95. The number of anilines is 1. The Morgan fingerprint density at radius 1 is 1.25 bits per heavy atom. The SMILES string of the molecule is CC(C)(C)c1nnc2sc(-c3ccc(N)c(Cl)c3)nn12. The molecule has 0 fully saturated rings. The number of halogens is 1. The standard InChI is InChI=1S/C13H14ClN5S/c1-13(2,3)11-16-17-12-19(11)18-10(20-12)7-4-5-9(15)8(14)6-7/h4-6H,15H2,1-3H3. The van der Waals surface area contributed by atoms with Crippen LogP contribution in [0, 0.1) is 0 Å². The Bertz CT molecular complexity index is 784. The van der Waals surface area contributed by atoms with Crippen LogP contribution in [0.1, 0.15) is 26.6 Å². The highest BCUT2D eigenvalue weighted by molar-refractivity contribution is 7.19. The van der Waals surface area contributed by atoms with Gasteiger partial charge in [0.1, 0.15) is 5.01 Å². The minimum atomic E-state index is -0.108. The largest absolute Gasteiger partial charge is 0.398 e. The molecule has 5 nitrogen and oxygen atoms in total. The summed E-state index contributed by atoms with van der Waals surface area (Å²) >= 11 is 7.54. The van der Waals surface area contributed by atoms with Crippen molar-refractivity contribution >= 4 is 33.6 Å². The van der Waals surface area contributed by atoms with Gasteiger partial charge in [-0.05, 0) is 18.2 Å². The van der Waals surface area contributed by atoms with Gasteiger partial charge in [-0.2, -0.15) is 9.61 Å². The van der Waals surface area contributed by atoms with Crippen LogP contribution in [-0.4, -0.2) is 19.8 Å². The molecule has 1 aromatic carbocycles. The first-order valence-corrected chi connectivity index (χ1v) is 7.34. The lowest BCUT2D eigenvalue weighted by Gasteiger charge is -2.13. The molecule has 0 spiro atoms. The van der Waals surface area contributed by atoms with E-state index in [0.717, 1.165) is 21.4 Å². The number of fused-ring (bicyclic) bond motifs is 1. The van der Waals surface area contributed by atoms with Crippen LogP contribution in [0.5, 0.6) is 0 Å². The van der Waals surface area contributed by atoms with Crippen LogP contribution in [0.4, 0.5) is 5.69 Å². The van der Waals surface area contributed by atoms with E-state index >= 15 is 0 Å². The molecule has 3 aromatic rings. The van der Waals surface area contributed by atoms with Gasteiger partial charge in [0.25, 0.3) is 0 Å². The number of aromatic nitrogens is 4. The zero-order valence-corrected chi connectivity index (χ0v) is 13.0. The van der Waals surface area contributed by atoms with Crippen LogP contribution in [0.2, 0.25) is 5.02 Å². The Balaban J connectivity index is 2.14. The van der Waals surface area contributed by atoms with Crippen LogP contribution in [-0.2, 0) is 5.41 Å². The molecule has 0 saturated heterocycles. The van der Waals surface area contributed by atoms with Crippen molar-refractivity contribution in [1.29, 1.82) is 0 Å². The Hall–Kier alpha value is -1.66. The van der Waals surface area contributed by atoms with E-state index in [1.165, 1.54) is 11.3 Å². The van der Waals surface area contributed by atoms with Crippen LogP contribution >= 0.6 is 22.9 Å². The van der Waals surface area contributed by atoms with Crippen molar-refractivity contribution in [1.82, 2.24) is 19.8 Å². The summed E-state index contributed by atoms with van der Waals surface area (Å²) < 4.78 is 1.80. The van der Waals surface area contributed by atoms with Gasteiger partial charge >= 0.3 is 0 Å². The number of rotatable bonds is 1. The van der Waals surface area contributed by atoms with Crippen LogP contribution in [0.3, 0.4) is 0 Å². The molecule has 0 amide bonds. The second-order valence-electron chi connectivity index (χ2n) is 5.61. The van der Waals surface area contributed by atoms with Crippen LogP contribution < -0.4 is 5.73 Å². The van der Waals surface area contributed by atoms with Gasteiger partial charge in [0.2, 0.25) is 4.96 Å². The second-order valence-corrected chi connectivity index (χ2v) is 6.97. The topological polar surface area (TPSA) is 69.1 Å². The average molecular weight is 308 g/mol. The quantitative estimate of drug-likeness (QED) is 0.700. The molecule has 2 aromatic heterocycles. The maximum absolute atomic E-state index is 6.06. The summed E-state index contributed by atoms with van der Waals surface area (Å²) in [7, 11) is 0. The molecule has 0 radical (unpaired) electrons. The first-order chi connectivity index (χ1) is 9.36. The zero-order chi connectivity index (χ0) is 14.5. The molecule has 0 aliphatic rings. The lowest BCUT2D eigenvalue weighted by atomic mass is 9.96. The highest BCUT2D eigenvalue weighted by Crippen LogP contribution is 2.31. The van der Waals surface area contributed by atoms with Crippen molar-refractivity contribution in [3.05, 3.63) is 29.0 Å². The first-order valence-electron chi connectivity index (χ1n) is 6.14. The van der Waals surface area contributed by atoms with E-state index in [-0.39, 0.29) is 5.41 Å². The summed E-state index contributed by atoms with van der Waals surface area (Å²) in [4.78, 5) is 0.776. The fraction of sp³-hybridized carbons (Fsp3) is 0.308. The first kappa shape index (κ1) is 13.3. The molecule has 0 bridgehead atoms. The molecule has 3 rings (SSSR count). The Morgan fingerprint density at radius 3 is 2.65 bits per heavy atom. The predicted octanol–water partition coefficient (Wildman–Crippen LogP) is 3.39. The number of hydrogen-bond donors (Lipinski definition) is 1. The van der Waals surface area contributed by atoms with Gasteiger partial charge < -0.3 is 5.73 Å². The number of nitrogens with zero attached hydrogens (tertiary/aromatic N) is 4. The van der Waals surface area contributed by atoms with Crippen LogP contribution in [0.25, 0.3) is 15.5 Å². The fourth-order valence-electron chi connectivity index (χ4n) is 1.86. The van der Waals surface area contributed by atoms with Gasteiger partial charge in [-0.1, -0.05) is 43.7 Å². The van der Waals surface area contributed by atoms with E-state index in [9.17, 15) is 0 Å². The molecule has 0 aliphatic heterocycles. The Labute approximate surface area is 125 Å². The molecule has 7 heteroatoms. The molecule has 0 aliphatic carbocycles. The maximum atomic E-state index is 6.06. The van der Waals surface area contributed by atoms with Crippen molar-refractivity contribution in [2.45, 2.75) is 26.2 Å². The minimum Gasteiger partial charge on any atom is -0.398 e. The van der Waals surface area contributed by atoms with Gasteiger partial charge in [0.05, 0.1) is 10.7 Å². The van der Waals surface area contributed by atoms with Gasteiger partial charge in [-0.25, -0.2) is 0 Å². The van der Waals surface area contributed by atoms with E-state index in [2.05, 4.69) is 36.1 Å². The van der Waals surface area contributed by atoms with Crippen molar-refractivity contribution in [2.75, 3.05) is 5.73 Å². The third-order valence-corrected chi connectivity index (χ3v) is 4.18. The molecular formula is C13H14ClN5S. The molecule has 2 heterocycles. The lowest BCUT2D eigenvalue weighted by molar-refractivity contribution is 0.528. The van der Waals surface area contributed by atoms with Crippen molar-refractivity contribution in [2.24, 2.45) is 0 Å². The van der Waals surface area contributed by atoms with E-state index in [1.54, 1.807) is 10.6 Å². The molecule has 2 N–H and O–H groups in total. The zero-order valence-electron chi connectivity index (χ0n) is 11.4. The molecule has 20 heavy (non-hydrogen) atoms. The summed E-state index contributed by atoms with van der Waals surface area (Å²) in [6.07, 6.45) is 0. The van der Waals surface area contributed by atoms with E-state index in [0.29, 0.717) is 10.7 Å². The number of hydrogen-bond acceptors (Lipinski definition) is 5. The maximum Gasteiger partial charge on any atom is 0.235 e. The predicted molar refractivity (Wildman–Crippen MR) is 82.2 cm³/mol. The summed E-state index contributed by atoms with van der Waals surface area (Å²) in [6.45, 7) is 6.26. The van der Waals surface area contributed by atoms with E-state index in [1.807, 2.05) is 12.1 Å². The molecule has 0 saturated carbocycles. The highest BCUT2D eigenvalue weighted by Gasteiger charge is 2.23. The van der Waals surface area contributed by atoms with Gasteiger partial charge in [-0.3, -0.25) is 0 Å². The second kappa shape index (κ2) is 4.43. The summed E-state index contributed by atoms with van der Waals surface area (Å²) in [5, 5.41) is 14.4. The Morgan fingerprint density at radius 2 is 2.00 bits per heavy atom. The number of benzene rings is 1. The normalized spacial score (nSPS) is 12.2.